The molecule has 0 aliphatic rings. The minimum atomic E-state index is -0.486. The zero-order valence-electron chi connectivity index (χ0n) is 6.63. The van der Waals surface area contributed by atoms with E-state index in [0.29, 0.717) is 6.54 Å². The molecule has 0 bridgehead atoms. The molecule has 2 N–H and O–H groups in total. The molecule has 0 aliphatic carbocycles. The summed E-state index contributed by atoms with van der Waals surface area (Å²) in [6, 6.07) is -0.486. The number of hydrogen-bond donors (Lipinski definition) is 1. The maximum absolute atomic E-state index is 11.0. The summed E-state index contributed by atoms with van der Waals surface area (Å²) in [5.74, 6) is -0.190. The van der Waals surface area contributed by atoms with Crippen LogP contribution in [-0.4, -0.2) is 30.7 Å². The summed E-state index contributed by atoms with van der Waals surface area (Å²) in [5.41, 5.74) is 5.32. The van der Waals surface area contributed by atoms with Crippen LogP contribution in [0.1, 0.15) is 13.8 Å². The van der Waals surface area contributed by atoms with Gasteiger partial charge in [-0.15, -0.1) is 0 Å². The van der Waals surface area contributed by atoms with E-state index in [0.717, 1.165) is 0 Å². The number of hydroxylamine groups is 2. The third-order valence-corrected chi connectivity index (χ3v) is 1.14. The molecule has 10 heavy (non-hydrogen) atoms. The summed E-state index contributed by atoms with van der Waals surface area (Å²) in [6.07, 6.45) is 0. The van der Waals surface area contributed by atoms with E-state index in [2.05, 4.69) is 0 Å². The van der Waals surface area contributed by atoms with E-state index < -0.39 is 6.04 Å². The van der Waals surface area contributed by atoms with Gasteiger partial charge in [-0.2, -0.15) is 0 Å². The molecule has 1 atom stereocenters. The van der Waals surface area contributed by atoms with Crippen LogP contribution in [0, 0.1) is 0 Å². The maximum Gasteiger partial charge on any atom is 0.262 e. The van der Waals surface area contributed by atoms with Crippen molar-refractivity contribution < 1.29 is 9.63 Å². The first-order valence-corrected chi connectivity index (χ1v) is 3.24. The first kappa shape index (κ1) is 9.39. The lowest BCUT2D eigenvalue weighted by Gasteiger charge is -2.18. The van der Waals surface area contributed by atoms with Gasteiger partial charge in [-0.1, -0.05) is 0 Å². The van der Waals surface area contributed by atoms with Crippen molar-refractivity contribution in [2.75, 3.05) is 13.7 Å². The van der Waals surface area contributed by atoms with Gasteiger partial charge in [-0.3, -0.25) is 9.63 Å². The van der Waals surface area contributed by atoms with Gasteiger partial charge in [-0.25, -0.2) is 5.06 Å². The monoisotopic (exact) mass is 146 g/mol. The molecule has 0 aromatic heterocycles. The van der Waals surface area contributed by atoms with Crippen LogP contribution in [0.5, 0.6) is 0 Å². The molecule has 0 aromatic carbocycles. The molecule has 0 aliphatic heterocycles. The molecule has 0 fully saturated rings. The van der Waals surface area contributed by atoms with Crippen LogP contribution >= 0.6 is 0 Å². The van der Waals surface area contributed by atoms with Gasteiger partial charge in [-0.05, 0) is 13.8 Å². The molecule has 0 spiro atoms. The van der Waals surface area contributed by atoms with Crippen molar-refractivity contribution in [2.24, 2.45) is 5.73 Å². The predicted molar refractivity (Wildman–Crippen MR) is 38.0 cm³/mol. The second-order valence-electron chi connectivity index (χ2n) is 2.00. The average Bonchev–Trinajstić information content (AvgIpc) is 1.90. The summed E-state index contributed by atoms with van der Waals surface area (Å²) >= 11 is 0. The first-order chi connectivity index (χ1) is 4.63. The van der Waals surface area contributed by atoms with Gasteiger partial charge in [0.1, 0.15) is 0 Å². The van der Waals surface area contributed by atoms with Crippen molar-refractivity contribution >= 4 is 5.91 Å². The molecule has 0 rings (SSSR count). The summed E-state index contributed by atoms with van der Waals surface area (Å²) < 4.78 is 0. The van der Waals surface area contributed by atoms with E-state index in [4.69, 9.17) is 10.6 Å². The lowest BCUT2D eigenvalue weighted by atomic mass is 10.3. The fraction of sp³-hybridized carbons (Fsp3) is 0.833. The SMILES string of the molecule is CCN(OC)C(=O)[C@@H](C)N. The summed E-state index contributed by atoms with van der Waals surface area (Å²) in [4.78, 5) is 15.7. The zero-order chi connectivity index (χ0) is 8.15. The average molecular weight is 146 g/mol. The van der Waals surface area contributed by atoms with Crippen LogP contribution in [0.4, 0.5) is 0 Å². The van der Waals surface area contributed by atoms with E-state index in [1.54, 1.807) is 6.92 Å². The van der Waals surface area contributed by atoms with Crippen molar-refractivity contribution in [3.8, 4) is 0 Å². The Hall–Kier alpha value is -0.610. The van der Waals surface area contributed by atoms with Crippen molar-refractivity contribution in [3.05, 3.63) is 0 Å². The molecule has 0 saturated heterocycles. The highest BCUT2D eigenvalue weighted by atomic mass is 16.7. The van der Waals surface area contributed by atoms with Crippen molar-refractivity contribution in [1.82, 2.24) is 5.06 Å². The first-order valence-electron chi connectivity index (χ1n) is 3.24. The molecule has 60 valence electrons. The van der Waals surface area contributed by atoms with Crippen LogP contribution < -0.4 is 5.73 Å². The molecular formula is C6H14N2O2. The highest BCUT2D eigenvalue weighted by Gasteiger charge is 2.14. The Bertz CT molecular complexity index is 110. The Morgan fingerprint density at radius 3 is 2.40 bits per heavy atom. The van der Waals surface area contributed by atoms with E-state index in [9.17, 15) is 4.79 Å². The van der Waals surface area contributed by atoms with Crippen molar-refractivity contribution in [3.63, 3.8) is 0 Å². The third-order valence-electron chi connectivity index (χ3n) is 1.14. The van der Waals surface area contributed by atoms with Crippen LogP contribution in [0.15, 0.2) is 0 Å². The highest BCUT2D eigenvalue weighted by Crippen LogP contribution is 1.91. The van der Waals surface area contributed by atoms with Crippen molar-refractivity contribution in [1.29, 1.82) is 0 Å². The molecule has 0 radical (unpaired) electrons. The zero-order valence-corrected chi connectivity index (χ0v) is 6.63. The molecule has 4 nitrogen and oxygen atoms in total. The van der Waals surface area contributed by atoms with Gasteiger partial charge >= 0.3 is 0 Å². The van der Waals surface area contributed by atoms with Gasteiger partial charge in [0.15, 0.2) is 0 Å². The van der Waals surface area contributed by atoms with Gasteiger partial charge in [0.05, 0.1) is 13.2 Å². The topological polar surface area (TPSA) is 55.6 Å². The molecule has 0 heterocycles. The van der Waals surface area contributed by atoms with E-state index in [-0.39, 0.29) is 5.91 Å². The van der Waals surface area contributed by atoms with Gasteiger partial charge in [0.25, 0.3) is 5.91 Å². The Morgan fingerprint density at radius 1 is 1.80 bits per heavy atom. The number of amides is 1. The van der Waals surface area contributed by atoms with E-state index in [1.165, 1.54) is 12.2 Å². The maximum atomic E-state index is 11.0. The molecule has 1 amide bonds. The standard InChI is InChI=1S/C6H14N2O2/c1-4-8(10-3)6(9)5(2)7/h5H,4,7H2,1-3H3/t5-/m1/s1. The second-order valence-corrected chi connectivity index (χ2v) is 2.00. The number of nitrogens with zero attached hydrogens (tertiary/aromatic N) is 1. The minimum absolute atomic E-state index is 0.190. The van der Waals surface area contributed by atoms with Crippen LogP contribution in [0.2, 0.25) is 0 Å². The Kier molecular flexibility index (Phi) is 3.99. The van der Waals surface area contributed by atoms with Crippen LogP contribution in [0.3, 0.4) is 0 Å². The Morgan fingerprint density at radius 2 is 2.30 bits per heavy atom. The highest BCUT2D eigenvalue weighted by molar-refractivity contribution is 5.80. The second kappa shape index (κ2) is 4.24. The summed E-state index contributed by atoms with van der Waals surface area (Å²) in [7, 11) is 1.45. The van der Waals surface area contributed by atoms with E-state index in [1.807, 2.05) is 6.92 Å². The normalized spacial score (nSPS) is 12.8. The lowest BCUT2D eigenvalue weighted by molar-refractivity contribution is -0.175. The number of hydrogen-bond acceptors (Lipinski definition) is 3. The van der Waals surface area contributed by atoms with Crippen LogP contribution in [0.25, 0.3) is 0 Å². The fourth-order valence-corrected chi connectivity index (χ4v) is 0.602. The Balaban J connectivity index is 3.89. The predicted octanol–water partition coefficient (Wildman–Crippen LogP) is -0.256. The van der Waals surface area contributed by atoms with E-state index >= 15 is 0 Å². The smallest absolute Gasteiger partial charge is 0.262 e. The lowest BCUT2D eigenvalue weighted by Crippen LogP contribution is -2.41. The summed E-state index contributed by atoms with van der Waals surface area (Å²) in [5, 5.41) is 1.23. The molecule has 0 unspecified atom stereocenters. The quantitative estimate of drug-likeness (QED) is 0.558. The van der Waals surface area contributed by atoms with Crippen LogP contribution in [-0.2, 0) is 9.63 Å². The van der Waals surface area contributed by atoms with Gasteiger partial charge in [0, 0.05) is 6.54 Å². The molecule has 0 aromatic rings. The Labute approximate surface area is 60.9 Å². The third kappa shape index (κ3) is 2.33. The summed E-state index contributed by atoms with van der Waals surface area (Å²) in [6.45, 7) is 3.98. The van der Waals surface area contributed by atoms with Gasteiger partial charge in [0.2, 0.25) is 0 Å². The molecule has 0 saturated carbocycles. The number of carbonyl (C=O) groups excluding carboxylic acids is 1. The number of likely N-dealkylation sites (N-methyl/N-ethyl adjacent to an activating group) is 1. The number of rotatable bonds is 3. The number of nitrogens with two attached hydrogens (primary N) is 1. The molecule has 4 heteroatoms. The molecular weight excluding hydrogens is 132 g/mol. The minimum Gasteiger partial charge on any atom is -0.320 e. The van der Waals surface area contributed by atoms with Gasteiger partial charge < -0.3 is 5.73 Å². The number of carbonyl (C=O) groups is 1. The fourth-order valence-electron chi connectivity index (χ4n) is 0.602. The largest absolute Gasteiger partial charge is 0.320 e. The van der Waals surface area contributed by atoms with Crippen molar-refractivity contribution in [2.45, 2.75) is 19.9 Å².